The largest absolute Gasteiger partial charge is 0.349 e. The number of aliphatic imine (C=N–C) groups is 1. The van der Waals surface area contributed by atoms with Gasteiger partial charge in [0.1, 0.15) is 6.33 Å². The van der Waals surface area contributed by atoms with Crippen molar-refractivity contribution in [2.24, 2.45) is 12.0 Å². The van der Waals surface area contributed by atoms with Gasteiger partial charge in [0, 0.05) is 20.6 Å². The van der Waals surface area contributed by atoms with Gasteiger partial charge in [0.2, 0.25) is 0 Å². The molecule has 0 atom stereocenters. The normalized spacial score (nSPS) is 15.9. The Kier molecular flexibility index (Phi) is 2.34. The molecule has 0 fully saturated rings. The lowest BCUT2D eigenvalue weighted by molar-refractivity contribution is 0.531. The summed E-state index contributed by atoms with van der Waals surface area (Å²) in [6.07, 6.45) is 1.69. The first-order chi connectivity index (χ1) is 6.77. The predicted molar refractivity (Wildman–Crippen MR) is 52.8 cm³/mol. The molecule has 0 unspecified atom stereocenters. The van der Waals surface area contributed by atoms with Crippen LogP contribution in [0.15, 0.2) is 11.3 Å². The average Bonchev–Trinajstić information content (AvgIpc) is 2.72. The number of aromatic nitrogens is 3. The number of rotatable bonds is 2. The number of aryl methyl sites for hydroxylation is 1. The molecule has 2 rings (SSSR count). The van der Waals surface area contributed by atoms with E-state index in [9.17, 15) is 0 Å². The second kappa shape index (κ2) is 3.65. The predicted octanol–water partition coefficient (Wildman–Crippen LogP) is -0.794. The number of nitrogens with one attached hydrogen (secondary N) is 1. The fourth-order valence-electron chi connectivity index (χ4n) is 1.35. The van der Waals surface area contributed by atoms with Crippen molar-refractivity contribution in [3.63, 3.8) is 0 Å². The Balaban J connectivity index is 1.92. The second-order valence-electron chi connectivity index (χ2n) is 3.34. The van der Waals surface area contributed by atoms with Crippen LogP contribution in [0.1, 0.15) is 5.82 Å². The highest BCUT2D eigenvalue weighted by atomic mass is 15.3. The second-order valence-corrected chi connectivity index (χ2v) is 3.34. The SMILES string of the molecule is CN1CCN=C1NCc1nncn1C. The standard InChI is InChI=1S/C8H14N6/c1-13-4-3-9-8(13)10-5-7-12-11-6-14(7)2/h6H,3-5H2,1-2H3,(H,9,10). The van der Waals surface area contributed by atoms with E-state index in [4.69, 9.17) is 0 Å². The Morgan fingerprint density at radius 2 is 2.36 bits per heavy atom. The zero-order chi connectivity index (χ0) is 9.97. The van der Waals surface area contributed by atoms with Crippen LogP contribution in [0, 0.1) is 0 Å². The summed E-state index contributed by atoms with van der Waals surface area (Å²) in [5, 5.41) is 11.0. The summed E-state index contributed by atoms with van der Waals surface area (Å²) in [7, 11) is 3.95. The van der Waals surface area contributed by atoms with Crippen molar-refractivity contribution in [3.05, 3.63) is 12.2 Å². The molecule has 2 heterocycles. The molecule has 14 heavy (non-hydrogen) atoms. The topological polar surface area (TPSA) is 58.3 Å². The summed E-state index contributed by atoms with van der Waals surface area (Å²) in [6.45, 7) is 2.53. The van der Waals surface area contributed by atoms with Gasteiger partial charge >= 0.3 is 0 Å². The minimum absolute atomic E-state index is 0.666. The molecule has 76 valence electrons. The van der Waals surface area contributed by atoms with Gasteiger partial charge in [-0.1, -0.05) is 0 Å². The molecule has 0 aliphatic carbocycles. The Labute approximate surface area is 82.6 Å². The van der Waals surface area contributed by atoms with Gasteiger partial charge in [-0.2, -0.15) is 0 Å². The number of hydrogen-bond donors (Lipinski definition) is 1. The van der Waals surface area contributed by atoms with Crippen LogP contribution in [0.25, 0.3) is 0 Å². The van der Waals surface area contributed by atoms with Gasteiger partial charge in [-0.25, -0.2) is 0 Å². The van der Waals surface area contributed by atoms with E-state index in [0.29, 0.717) is 6.54 Å². The lowest BCUT2D eigenvalue weighted by Crippen LogP contribution is -2.35. The Morgan fingerprint density at radius 1 is 1.50 bits per heavy atom. The first-order valence-corrected chi connectivity index (χ1v) is 4.59. The van der Waals surface area contributed by atoms with Crippen LogP contribution in [-0.2, 0) is 13.6 Å². The maximum Gasteiger partial charge on any atom is 0.194 e. The molecule has 6 nitrogen and oxygen atoms in total. The van der Waals surface area contributed by atoms with Gasteiger partial charge in [-0.05, 0) is 0 Å². The number of guanidine groups is 1. The van der Waals surface area contributed by atoms with Crippen molar-refractivity contribution in [1.82, 2.24) is 25.0 Å². The van der Waals surface area contributed by atoms with Gasteiger partial charge in [0.15, 0.2) is 11.8 Å². The van der Waals surface area contributed by atoms with E-state index in [2.05, 4.69) is 25.4 Å². The number of hydrogen-bond acceptors (Lipinski definition) is 5. The summed E-state index contributed by atoms with van der Waals surface area (Å²) in [4.78, 5) is 6.41. The first-order valence-electron chi connectivity index (χ1n) is 4.59. The third kappa shape index (κ3) is 1.68. The van der Waals surface area contributed by atoms with Crippen LogP contribution < -0.4 is 5.32 Å². The highest BCUT2D eigenvalue weighted by Crippen LogP contribution is 1.97. The average molecular weight is 194 g/mol. The lowest BCUT2D eigenvalue weighted by atomic mass is 10.5. The van der Waals surface area contributed by atoms with Crippen LogP contribution in [0.3, 0.4) is 0 Å². The van der Waals surface area contributed by atoms with E-state index in [0.717, 1.165) is 24.9 Å². The molecule has 0 saturated heterocycles. The van der Waals surface area contributed by atoms with Crippen molar-refractivity contribution >= 4 is 5.96 Å². The molecule has 0 saturated carbocycles. The highest BCUT2D eigenvalue weighted by Gasteiger charge is 2.12. The molecule has 0 spiro atoms. The third-order valence-electron chi connectivity index (χ3n) is 2.27. The fraction of sp³-hybridized carbons (Fsp3) is 0.625. The summed E-state index contributed by atoms with van der Waals surface area (Å²) < 4.78 is 1.89. The molecular formula is C8H14N6. The maximum absolute atomic E-state index is 4.32. The first kappa shape index (κ1) is 8.98. The van der Waals surface area contributed by atoms with Gasteiger partial charge in [0.05, 0.1) is 13.1 Å². The van der Waals surface area contributed by atoms with Crippen molar-refractivity contribution in [1.29, 1.82) is 0 Å². The Hall–Kier alpha value is -1.59. The minimum atomic E-state index is 0.666. The monoisotopic (exact) mass is 194 g/mol. The summed E-state index contributed by atoms with van der Waals surface area (Å²) in [6, 6.07) is 0. The molecule has 0 bridgehead atoms. The quantitative estimate of drug-likeness (QED) is 0.670. The van der Waals surface area contributed by atoms with Crippen LogP contribution >= 0.6 is 0 Å². The molecule has 1 aliphatic heterocycles. The van der Waals surface area contributed by atoms with E-state index in [1.54, 1.807) is 6.33 Å². The molecule has 1 aliphatic rings. The molecular weight excluding hydrogens is 180 g/mol. The molecule has 1 aromatic heterocycles. The van der Waals surface area contributed by atoms with Crippen LogP contribution in [0.2, 0.25) is 0 Å². The van der Waals surface area contributed by atoms with E-state index in [1.807, 2.05) is 18.7 Å². The Morgan fingerprint density at radius 3 is 2.93 bits per heavy atom. The van der Waals surface area contributed by atoms with Crippen LogP contribution in [0.4, 0.5) is 0 Å². The van der Waals surface area contributed by atoms with E-state index in [1.165, 1.54) is 0 Å². The molecule has 6 heteroatoms. The zero-order valence-corrected chi connectivity index (χ0v) is 8.43. The van der Waals surface area contributed by atoms with E-state index in [-0.39, 0.29) is 0 Å². The molecule has 0 radical (unpaired) electrons. The number of nitrogens with zero attached hydrogens (tertiary/aromatic N) is 5. The molecule has 0 aromatic carbocycles. The van der Waals surface area contributed by atoms with Crippen LogP contribution in [0.5, 0.6) is 0 Å². The highest BCUT2D eigenvalue weighted by molar-refractivity contribution is 5.81. The lowest BCUT2D eigenvalue weighted by Gasteiger charge is -2.14. The van der Waals surface area contributed by atoms with Crippen molar-refractivity contribution < 1.29 is 0 Å². The van der Waals surface area contributed by atoms with Gasteiger partial charge in [-0.15, -0.1) is 10.2 Å². The van der Waals surface area contributed by atoms with Crippen molar-refractivity contribution in [3.8, 4) is 0 Å². The summed E-state index contributed by atoms with van der Waals surface area (Å²) >= 11 is 0. The third-order valence-corrected chi connectivity index (χ3v) is 2.27. The number of likely N-dealkylation sites (N-methyl/N-ethyl adjacent to an activating group) is 1. The van der Waals surface area contributed by atoms with Gasteiger partial charge < -0.3 is 14.8 Å². The smallest absolute Gasteiger partial charge is 0.194 e. The van der Waals surface area contributed by atoms with Crippen molar-refractivity contribution in [2.75, 3.05) is 20.1 Å². The molecule has 1 N–H and O–H groups in total. The molecule has 0 amide bonds. The zero-order valence-electron chi connectivity index (χ0n) is 8.43. The Bertz CT molecular complexity index is 341. The summed E-state index contributed by atoms with van der Waals surface area (Å²) in [5.74, 6) is 1.85. The minimum Gasteiger partial charge on any atom is -0.349 e. The van der Waals surface area contributed by atoms with Gasteiger partial charge in [-0.3, -0.25) is 4.99 Å². The summed E-state index contributed by atoms with van der Waals surface area (Å²) in [5.41, 5.74) is 0. The van der Waals surface area contributed by atoms with Gasteiger partial charge in [0.25, 0.3) is 0 Å². The van der Waals surface area contributed by atoms with E-state index >= 15 is 0 Å². The van der Waals surface area contributed by atoms with E-state index < -0.39 is 0 Å². The fourth-order valence-corrected chi connectivity index (χ4v) is 1.35. The van der Waals surface area contributed by atoms with Crippen molar-refractivity contribution in [2.45, 2.75) is 6.54 Å². The molecule has 1 aromatic rings. The maximum atomic E-state index is 4.32. The van der Waals surface area contributed by atoms with Crippen LogP contribution in [-0.4, -0.2) is 45.8 Å².